The highest BCUT2D eigenvalue weighted by Crippen LogP contribution is 2.20. The summed E-state index contributed by atoms with van der Waals surface area (Å²) in [5.74, 6) is 0.0302. The number of hydrogen-bond acceptors (Lipinski definition) is 1. The summed E-state index contributed by atoms with van der Waals surface area (Å²) >= 11 is 0. The van der Waals surface area contributed by atoms with Crippen LogP contribution in [-0.2, 0) is 11.2 Å². The molecule has 2 aromatic rings. The molecule has 104 valence electrons. The monoisotopic (exact) mass is 267 g/mol. The lowest BCUT2D eigenvalue weighted by Gasteiger charge is -2.15. The van der Waals surface area contributed by atoms with E-state index in [2.05, 4.69) is 17.4 Å². The van der Waals surface area contributed by atoms with Gasteiger partial charge in [-0.1, -0.05) is 55.5 Å². The first-order valence-electron chi connectivity index (χ1n) is 6.99. The average molecular weight is 267 g/mol. The van der Waals surface area contributed by atoms with E-state index in [1.165, 1.54) is 5.56 Å². The Morgan fingerprint density at radius 2 is 1.60 bits per heavy atom. The Balaban J connectivity index is 2.05. The Hall–Kier alpha value is -2.09. The Labute approximate surface area is 120 Å². The number of benzene rings is 2. The smallest absolute Gasteiger partial charge is 0.227 e. The third-order valence-electron chi connectivity index (χ3n) is 3.56. The summed E-state index contributed by atoms with van der Waals surface area (Å²) in [6.07, 6.45) is 0.762. The Bertz CT molecular complexity index is 569. The van der Waals surface area contributed by atoms with Crippen LogP contribution in [0.5, 0.6) is 0 Å². The zero-order chi connectivity index (χ0) is 14.5. The molecule has 0 spiro atoms. The molecule has 0 saturated carbocycles. The molecule has 1 amide bonds. The average Bonchev–Trinajstić information content (AvgIpc) is 2.44. The number of nitrogens with one attached hydrogen (secondary N) is 1. The van der Waals surface area contributed by atoms with E-state index in [1.54, 1.807) is 0 Å². The van der Waals surface area contributed by atoms with Gasteiger partial charge in [0, 0.05) is 11.6 Å². The summed E-state index contributed by atoms with van der Waals surface area (Å²) < 4.78 is 0. The lowest BCUT2D eigenvalue weighted by molar-refractivity contribution is -0.119. The lowest BCUT2D eigenvalue weighted by Crippen LogP contribution is -2.23. The molecule has 0 aliphatic carbocycles. The first kappa shape index (κ1) is 14.3. The summed E-state index contributed by atoms with van der Waals surface area (Å²) in [6.45, 7) is 6.00. The van der Waals surface area contributed by atoms with Gasteiger partial charge in [-0.05, 0) is 37.0 Å². The summed E-state index contributed by atoms with van der Waals surface area (Å²) in [7, 11) is 0. The standard InChI is InChI=1S/C18H21NO/c1-13-8-7-9-14(2)17(13)19-18(20)15(3)12-16-10-5-4-6-11-16/h4-11,15H,12H2,1-3H3,(H,19,20). The van der Waals surface area contributed by atoms with Crippen molar-refractivity contribution in [2.75, 3.05) is 5.32 Å². The molecule has 1 N–H and O–H groups in total. The predicted molar refractivity (Wildman–Crippen MR) is 83.9 cm³/mol. The van der Waals surface area contributed by atoms with Gasteiger partial charge in [-0.15, -0.1) is 0 Å². The normalized spacial score (nSPS) is 11.9. The molecule has 0 aliphatic rings. The van der Waals surface area contributed by atoms with E-state index in [1.807, 2.05) is 57.2 Å². The van der Waals surface area contributed by atoms with Crippen LogP contribution in [0.4, 0.5) is 5.69 Å². The fourth-order valence-corrected chi connectivity index (χ4v) is 2.32. The van der Waals surface area contributed by atoms with E-state index in [0.29, 0.717) is 0 Å². The van der Waals surface area contributed by atoms with E-state index >= 15 is 0 Å². The Morgan fingerprint density at radius 1 is 1.00 bits per heavy atom. The number of amides is 1. The van der Waals surface area contributed by atoms with Crippen molar-refractivity contribution in [2.45, 2.75) is 27.2 Å². The molecule has 2 nitrogen and oxygen atoms in total. The second-order valence-electron chi connectivity index (χ2n) is 5.35. The molecule has 0 aromatic heterocycles. The van der Waals surface area contributed by atoms with E-state index < -0.39 is 0 Å². The summed E-state index contributed by atoms with van der Waals surface area (Å²) in [4.78, 5) is 12.3. The third kappa shape index (κ3) is 3.47. The highest BCUT2D eigenvalue weighted by Gasteiger charge is 2.15. The van der Waals surface area contributed by atoms with Crippen LogP contribution in [0.3, 0.4) is 0 Å². The molecular weight excluding hydrogens is 246 g/mol. The van der Waals surface area contributed by atoms with Crippen LogP contribution in [0, 0.1) is 19.8 Å². The van der Waals surface area contributed by atoms with E-state index in [9.17, 15) is 4.79 Å². The Kier molecular flexibility index (Phi) is 4.57. The van der Waals surface area contributed by atoms with Crippen molar-refractivity contribution in [3.8, 4) is 0 Å². The van der Waals surface area contributed by atoms with Crippen LogP contribution in [-0.4, -0.2) is 5.91 Å². The second kappa shape index (κ2) is 6.38. The molecule has 1 unspecified atom stereocenters. The molecule has 1 atom stereocenters. The number of aryl methyl sites for hydroxylation is 2. The van der Waals surface area contributed by atoms with E-state index in [0.717, 1.165) is 23.2 Å². The van der Waals surface area contributed by atoms with Crippen molar-refractivity contribution in [3.05, 3.63) is 65.2 Å². The van der Waals surface area contributed by atoms with E-state index in [4.69, 9.17) is 0 Å². The number of anilines is 1. The summed E-state index contributed by atoms with van der Waals surface area (Å²) in [5, 5.41) is 3.06. The van der Waals surface area contributed by atoms with Gasteiger partial charge < -0.3 is 5.32 Å². The maximum absolute atomic E-state index is 12.3. The minimum absolute atomic E-state index is 0.0450. The van der Waals surface area contributed by atoms with E-state index in [-0.39, 0.29) is 11.8 Å². The number of carbonyl (C=O) groups excluding carboxylic acids is 1. The maximum atomic E-state index is 12.3. The second-order valence-corrected chi connectivity index (χ2v) is 5.35. The van der Waals surface area contributed by atoms with Crippen LogP contribution in [0.15, 0.2) is 48.5 Å². The molecule has 0 aliphatic heterocycles. The quantitative estimate of drug-likeness (QED) is 0.887. The summed E-state index contributed by atoms with van der Waals surface area (Å²) in [6, 6.07) is 16.2. The van der Waals surface area contributed by atoms with Gasteiger partial charge >= 0.3 is 0 Å². The van der Waals surface area contributed by atoms with Crippen LogP contribution in [0.2, 0.25) is 0 Å². The molecule has 0 saturated heterocycles. The van der Waals surface area contributed by atoms with Gasteiger partial charge in [0.05, 0.1) is 0 Å². The maximum Gasteiger partial charge on any atom is 0.227 e. The number of hydrogen-bond donors (Lipinski definition) is 1. The zero-order valence-corrected chi connectivity index (χ0v) is 12.3. The molecule has 0 heterocycles. The first-order chi connectivity index (χ1) is 9.58. The fourth-order valence-electron chi connectivity index (χ4n) is 2.32. The van der Waals surface area contributed by atoms with Crippen LogP contribution < -0.4 is 5.32 Å². The molecule has 2 rings (SSSR count). The Morgan fingerprint density at radius 3 is 2.20 bits per heavy atom. The summed E-state index contributed by atoms with van der Waals surface area (Å²) in [5.41, 5.74) is 4.34. The number of rotatable bonds is 4. The highest BCUT2D eigenvalue weighted by molar-refractivity contribution is 5.93. The van der Waals surface area contributed by atoms with Crippen LogP contribution >= 0.6 is 0 Å². The molecular formula is C18H21NO. The molecule has 20 heavy (non-hydrogen) atoms. The zero-order valence-electron chi connectivity index (χ0n) is 12.3. The van der Waals surface area contributed by atoms with Crippen LogP contribution in [0.1, 0.15) is 23.6 Å². The van der Waals surface area contributed by atoms with Gasteiger partial charge in [0.1, 0.15) is 0 Å². The minimum Gasteiger partial charge on any atom is -0.325 e. The molecule has 2 heteroatoms. The topological polar surface area (TPSA) is 29.1 Å². The first-order valence-corrected chi connectivity index (χ1v) is 6.99. The van der Waals surface area contributed by atoms with Crippen molar-refractivity contribution in [2.24, 2.45) is 5.92 Å². The largest absolute Gasteiger partial charge is 0.325 e. The van der Waals surface area contributed by atoms with Crippen molar-refractivity contribution < 1.29 is 4.79 Å². The van der Waals surface area contributed by atoms with Crippen molar-refractivity contribution in [1.29, 1.82) is 0 Å². The fraction of sp³-hybridized carbons (Fsp3) is 0.278. The van der Waals surface area contributed by atoms with Gasteiger partial charge in [0.15, 0.2) is 0 Å². The predicted octanol–water partition coefficient (Wildman–Crippen LogP) is 4.12. The van der Waals surface area contributed by atoms with Gasteiger partial charge in [0.2, 0.25) is 5.91 Å². The molecule has 0 bridgehead atoms. The van der Waals surface area contributed by atoms with Gasteiger partial charge in [-0.25, -0.2) is 0 Å². The van der Waals surface area contributed by atoms with Gasteiger partial charge in [-0.2, -0.15) is 0 Å². The van der Waals surface area contributed by atoms with Crippen LogP contribution in [0.25, 0.3) is 0 Å². The number of carbonyl (C=O) groups is 1. The minimum atomic E-state index is -0.0450. The molecule has 2 aromatic carbocycles. The van der Waals surface area contributed by atoms with Crippen molar-refractivity contribution in [3.63, 3.8) is 0 Å². The molecule has 0 fully saturated rings. The lowest BCUT2D eigenvalue weighted by atomic mass is 10.00. The third-order valence-corrected chi connectivity index (χ3v) is 3.56. The highest BCUT2D eigenvalue weighted by atomic mass is 16.1. The van der Waals surface area contributed by atoms with Crippen molar-refractivity contribution in [1.82, 2.24) is 0 Å². The van der Waals surface area contributed by atoms with Gasteiger partial charge in [-0.3, -0.25) is 4.79 Å². The number of para-hydroxylation sites is 1. The molecule has 0 radical (unpaired) electrons. The SMILES string of the molecule is Cc1cccc(C)c1NC(=O)C(C)Cc1ccccc1. The van der Waals surface area contributed by atoms with Crippen molar-refractivity contribution >= 4 is 11.6 Å². The van der Waals surface area contributed by atoms with Gasteiger partial charge in [0.25, 0.3) is 0 Å².